The number of ether oxygens (including phenoxy) is 1. The predicted molar refractivity (Wildman–Crippen MR) is 107 cm³/mol. The van der Waals surface area contributed by atoms with Gasteiger partial charge in [-0.1, -0.05) is 12.1 Å². The van der Waals surface area contributed by atoms with Crippen LogP contribution in [-0.4, -0.2) is 62.5 Å². The summed E-state index contributed by atoms with van der Waals surface area (Å²) in [6.45, 7) is 0.236. The van der Waals surface area contributed by atoms with E-state index in [1.54, 1.807) is 0 Å². The Kier molecular flexibility index (Phi) is 6.74. The highest BCUT2D eigenvalue weighted by Crippen LogP contribution is 2.23. The van der Waals surface area contributed by atoms with Crippen LogP contribution in [0.3, 0.4) is 0 Å². The monoisotopic (exact) mass is 471 g/mol. The number of benzene rings is 2. The van der Waals surface area contributed by atoms with Gasteiger partial charge < -0.3 is 15.0 Å². The normalized spacial score (nSPS) is 15.2. The van der Waals surface area contributed by atoms with E-state index in [0.717, 1.165) is 16.4 Å². The molecule has 0 aromatic heterocycles. The van der Waals surface area contributed by atoms with E-state index < -0.39 is 22.3 Å². The van der Waals surface area contributed by atoms with E-state index >= 15 is 0 Å². The maximum Gasteiger partial charge on any atom is 0.573 e. The van der Waals surface area contributed by atoms with Crippen LogP contribution in [0.2, 0.25) is 0 Å². The van der Waals surface area contributed by atoms with E-state index in [9.17, 15) is 31.2 Å². The summed E-state index contributed by atoms with van der Waals surface area (Å²) in [5.74, 6) is -1.15. The molecule has 1 fully saturated rings. The molecule has 32 heavy (non-hydrogen) atoms. The second kappa shape index (κ2) is 9.17. The van der Waals surface area contributed by atoms with Crippen molar-refractivity contribution in [2.24, 2.45) is 0 Å². The summed E-state index contributed by atoms with van der Waals surface area (Å²) in [5, 5.41) is 2.55. The number of halogens is 3. The third-order valence-electron chi connectivity index (χ3n) is 4.67. The molecular formula is C20H20F3N3O5S. The third-order valence-corrected chi connectivity index (χ3v) is 6.53. The van der Waals surface area contributed by atoms with Gasteiger partial charge in [-0.2, -0.15) is 4.31 Å². The van der Waals surface area contributed by atoms with E-state index in [-0.39, 0.29) is 48.3 Å². The molecule has 3 rings (SSSR count). The molecule has 0 saturated carbocycles. The van der Waals surface area contributed by atoms with Gasteiger partial charge in [0.15, 0.2) is 0 Å². The molecular weight excluding hydrogens is 451 g/mol. The number of rotatable bonds is 6. The van der Waals surface area contributed by atoms with Gasteiger partial charge >= 0.3 is 6.36 Å². The highest BCUT2D eigenvalue weighted by molar-refractivity contribution is 7.89. The highest BCUT2D eigenvalue weighted by Gasteiger charge is 2.31. The summed E-state index contributed by atoms with van der Waals surface area (Å²) in [7, 11) is -2.35. The molecule has 1 N–H and O–H groups in total. The van der Waals surface area contributed by atoms with Crippen LogP contribution in [0.4, 0.5) is 13.2 Å². The molecule has 0 spiro atoms. The Morgan fingerprint density at radius 2 is 1.75 bits per heavy atom. The minimum Gasteiger partial charge on any atom is -0.406 e. The van der Waals surface area contributed by atoms with Crippen molar-refractivity contribution in [1.29, 1.82) is 0 Å². The lowest BCUT2D eigenvalue weighted by Gasteiger charge is -2.26. The summed E-state index contributed by atoms with van der Waals surface area (Å²) in [5.41, 5.74) is 0.817. The van der Waals surface area contributed by atoms with E-state index in [0.29, 0.717) is 5.56 Å². The molecule has 2 aromatic rings. The molecule has 0 unspecified atom stereocenters. The molecule has 1 heterocycles. The van der Waals surface area contributed by atoms with Crippen molar-refractivity contribution in [3.05, 3.63) is 59.7 Å². The van der Waals surface area contributed by atoms with Crippen molar-refractivity contribution >= 4 is 21.8 Å². The summed E-state index contributed by atoms with van der Waals surface area (Å²) in [4.78, 5) is 25.4. The highest BCUT2D eigenvalue weighted by atomic mass is 32.2. The summed E-state index contributed by atoms with van der Waals surface area (Å²) in [6.07, 6.45) is -4.78. The first-order valence-corrected chi connectivity index (χ1v) is 10.9. The average molecular weight is 471 g/mol. The number of hydrogen-bond donors (Lipinski definition) is 1. The molecule has 8 nitrogen and oxygen atoms in total. The molecule has 2 amide bonds. The first kappa shape index (κ1) is 23.5. The van der Waals surface area contributed by atoms with Gasteiger partial charge in [-0.25, -0.2) is 8.42 Å². The maximum atomic E-state index is 12.7. The average Bonchev–Trinajstić information content (AvgIpc) is 2.73. The number of carbonyl (C=O) groups excluding carboxylic acids is 2. The van der Waals surface area contributed by atoms with E-state index in [1.165, 1.54) is 48.3 Å². The number of hydrogen-bond acceptors (Lipinski definition) is 5. The molecule has 1 saturated heterocycles. The molecule has 0 bridgehead atoms. The minimum atomic E-state index is -4.78. The quantitative estimate of drug-likeness (QED) is 0.695. The van der Waals surface area contributed by atoms with Crippen molar-refractivity contribution in [3.8, 4) is 5.75 Å². The zero-order valence-electron chi connectivity index (χ0n) is 16.9. The van der Waals surface area contributed by atoms with Crippen LogP contribution in [0.5, 0.6) is 5.75 Å². The number of sulfonamides is 1. The van der Waals surface area contributed by atoms with Crippen molar-refractivity contribution in [1.82, 2.24) is 14.5 Å². The molecule has 0 aliphatic carbocycles. The fourth-order valence-electron chi connectivity index (χ4n) is 3.10. The lowest BCUT2D eigenvalue weighted by molar-refractivity contribution is -0.274. The number of piperazine rings is 1. The SMILES string of the molecule is CN(Cc1ccc(OC(F)(F)F)cc1)C(=O)c1ccc(S(=O)(=O)N2CCNC(=O)C2)cc1. The topological polar surface area (TPSA) is 96.0 Å². The second-order valence-corrected chi connectivity index (χ2v) is 9.00. The smallest absolute Gasteiger partial charge is 0.406 e. The molecule has 172 valence electrons. The van der Waals surface area contributed by atoms with Crippen molar-refractivity contribution in [2.75, 3.05) is 26.7 Å². The number of carbonyl (C=O) groups is 2. The van der Waals surface area contributed by atoms with Gasteiger partial charge in [0.25, 0.3) is 5.91 Å². The standard InChI is InChI=1S/C20H20F3N3O5S/c1-25(12-14-2-6-16(7-3-14)31-20(21,22)23)19(28)15-4-8-17(9-5-15)32(29,30)26-11-10-24-18(27)13-26/h2-9H,10-13H2,1H3,(H,24,27). The second-order valence-electron chi connectivity index (χ2n) is 7.07. The summed E-state index contributed by atoms with van der Waals surface area (Å²) < 4.78 is 66.9. The largest absolute Gasteiger partial charge is 0.573 e. The van der Waals surface area contributed by atoms with Crippen LogP contribution in [-0.2, 0) is 21.4 Å². The van der Waals surface area contributed by atoms with Gasteiger partial charge in [0.2, 0.25) is 15.9 Å². The van der Waals surface area contributed by atoms with E-state index in [2.05, 4.69) is 10.1 Å². The fourth-order valence-corrected chi connectivity index (χ4v) is 4.50. The van der Waals surface area contributed by atoms with Crippen molar-refractivity contribution in [3.63, 3.8) is 0 Å². The number of alkyl halides is 3. The van der Waals surface area contributed by atoms with E-state index in [1.807, 2.05) is 0 Å². The fraction of sp³-hybridized carbons (Fsp3) is 0.300. The molecule has 1 aliphatic heterocycles. The Hall–Kier alpha value is -3.12. The number of amides is 2. The Labute approximate surface area is 182 Å². The third kappa shape index (κ3) is 5.77. The van der Waals surface area contributed by atoms with E-state index in [4.69, 9.17) is 0 Å². The van der Waals surface area contributed by atoms with Gasteiger partial charge in [0.05, 0.1) is 11.4 Å². The van der Waals surface area contributed by atoms with Gasteiger partial charge in [-0.05, 0) is 42.0 Å². The summed E-state index contributed by atoms with van der Waals surface area (Å²) >= 11 is 0. The Bertz CT molecular complexity index is 1090. The van der Waals surface area contributed by atoms with Gasteiger partial charge in [-0.3, -0.25) is 9.59 Å². The lowest BCUT2D eigenvalue weighted by atomic mass is 10.1. The van der Waals surface area contributed by atoms with Crippen molar-refractivity contribution in [2.45, 2.75) is 17.8 Å². The molecule has 0 atom stereocenters. The Balaban J connectivity index is 1.65. The van der Waals surface area contributed by atoms with Crippen LogP contribution < -0.4 is 10.1 Å². The summed E-state index contributed by atoms with van der Waals surface area (Å²) in [6, 6.07) is 10.5. The minimum absolute atomic E-state index is 0.0355. The van der Waals surface area contributed by atoms with Crippen molar-refractivity contribution < 1.29 is 35.9 Å². The van der Waals surface area contributed by atoms with Crippen LogP contribution in [0.25, 0.3) is 0 Å². The number of nitrogens with zero attached hydrogens (tertiary/aromatic N) is 2. The van der Waals surface area contributed by atoms with Crippen LogP contribution in [0.15, 0.2) is 53.4 Å². The molecule has 1 aliphatic rings. The number of nitrogens with one attached hydrogen (secondary N) is 1. The molecule has 2 aromatic carbocycles. The van der Waals surface area contributed by atoms with Crippen LogP contribution >= 0.6 is 0 Å². The maximum absolute atomic E-state index is 12.7. The lowest BCUT2D eigenvalue weighted by Crippen LogP contribution is -2.49. The first-order valence-electron chi connectivity index (χ1n) is 9.43. The molecule has 12 heteroatoms. The van der Waals surface area contributed by atoms with Crippen LogP contribution in [0, 0.1) is 0 Å². The molecule has 0 radical (unpaired) electrons. The Morgan fingerprint density at radius 1 is 1.12 bits per heavy atom. The van der Waals surface area contributed by atoms with Gasteiger partial charge in [-0.15, -0.1) is 13.2 Å². The van der Waals surface area contributed by atoms with Gasteiger partial charge in [0.1, 0.15) is 5.75 Å². The Morgan fingerprint density at radius 3 is 2.31 bits per heavy atom. The first-order chi connectivity index (χ1) is 15.0. The van der Waals surface area contributed by atoms with Crippen LogP contribution in [0.1, 0.15) is 15.9 Å². The van der Waals surface area contributed by atoms with Gasteiger partial charge in [0, 0.05) is 32.2 Å². The zero-order chi connectivity index (χ0) is 23.5. The predicted octanol–water partition coefficient (Wildman–Crippen LogP) is 1.98. The zero-order valence-corrected chi connectivity index (χ0v) is 17.7.